The number of hydrogen-bond donors (Lipinski definition) is 0. The summed E-state index contributed by atoms with van der Waals surface area (Å²) in [5.41, 5.74) is 2.15. The van der Waals surface area contributed by atoms with Crippen molar-refractivity contribution in [2.24, 2.45) is 0 Å². The Morgan fingerprint density at radius 1 is 0.949 bits per heavy atom. The zero-order valence-corrected chi connectivity index (χ0v) is 21.3. The van der Waals surface area contributed by atoms with E-state index in [-0.39, 0.29) is 24.0 Å². The number of para-hydroxylation sites is 1. The van der Waals surface area contributed by atoms with E-state index in [1.165, 1.54) is 12.1 Å². The molecule has 5 rings (SSSR count). The first-order valence-electron chi connectivity index (χ1n) is 12.6. The molecule has 0 saturated carbocycles. The average Bonchev–Trinajstić information content (AvgIpc) is 3.43. The normalized spacial score (nSPS) is 14.4. The Bertz CT molecular complexity index is 1450. The molecule has 0 aliphatic carbocycles. The van der Waals surface area contributed by atoms with E-state index in [2.05, 4.69) is 15.0 Å². The second-order valence-corrected chi connectivity index (χ2v) is 9.41. The van der Waals surface area contributed by atoms with Crippen LogP contribution in [0.2, 0.25) is 0 Å². The predicted octanol–water partition coefficient (Wildman–Crippen LogP) is 5.45. The van der Waals surface area contributed by atoms with Crippen molar-refractivity contribution in [3.63, 3.8) is 0 Å². The van der Waals surface area contributed by atoms with Crippen LogP contribution >= 0.6 is 0 Å². The van der Waals surface area contributed by atoms with Crippen LogP contribution in [0.15, 0.2) is 77.3 Å². The van der Waals surface area contributed by atoms with Crippen molar-refractivity contribution in [2.75, 3.05) is 32.8 Å². The van der Waals surface area contributed by atoms with Gasteiger partial charge in [0.15, 0.2) is 6.61 Å². The standard InChI is InChI=1S/C29H27F3N4O3/c1-20-6-2-3-11-25(20)38-19-26(37)36-14-12-35(13-15-36)18-21-7-4-8-22(16-21)27-33-28(39-34-27)23-9-5-10-24(17-23)29(30,31)32/h2-11,16-17H,12-15,18-19H2,1H3. The van der Waals surface area contributed by atoms with Gasteiger partial charge in [0.1, 0.15) is 5.75 Å². The van der Waals surface area contributed by atoms with Crippen LogP contribution in [0.4, 0.5) is 13.2 Å². The Morgan fingerprint density at radius 3 is 2.46 bits per heavy atom. The van der Waals surface area contributed by atoms with Gasteiger partial charge < -0.3 is 14.2 Å². The molecule has 0 bridgehead atoms. The summed E-state index contributed by atoms with van der Waals surface area (Å²) in [4.78, 5) is 21.0. The van der Waals surface area contributed by atoms with Gasteiger partial charge in [-0.05, 0) is 48.4 Å². The van der Waals surface area contributed by atoms with Crippen LogP contribution in [0.25, 0.3) is 22.8 Å². The second-order valence-electron chi connectivity index (χ2n) is 9.41. The fourth-order valence-corrected chi connectivity index (χ4v) is 4.46. The van der Waals surface area contributed by atoms with E-state index < -0.39 is 11.7 Å². The molecule has 4 aromatic rings. The second kappa shape index (κ2) is 11.3. The average molecular weight is 537 g/mol. The van der Waals surface area contributed by atoms with Gasteiger partial charge in [-0.2, -0.15) is 18.2 Å². The molecule has 1 fully saturated rings. The number of hydrogen-bond acceptors (Lipinski definition) is 6. The monoisotopic (exact) mass is 536 g/mol. The molecule has 0 N–H and O–H groups in total. The first kappa shape index (κ1) is 26.4. The lowest BCUT2D eigenvalue weighted by Gasteiger charge is -2.34. The third-order valence-electron chi connectivity index (χ3n) is 6.62. The maximum atomic E-state index is 13.1. The van der Waals surface area contributed by atoms with Crippen molar-refractivity contribution in [3.8, 4) is 28.6 Å². The van der Waals surface area contributed by atoms with Crippen molar-refractivity contribution < 1.29 is 27.2 Å². The fraction of sp³-hybridized carbons (Fsp3) is 0.276. The summed E-state index contributed by atoms with van der Waals surface area (Å²) in [6.07, 6.45) is -4.46. The van der Waals surface area contributed by atoms with E-state index >= 15 is 0 Å². The highest BCUT2D eigenvalue weighted by Crippen LogP contribution is 2.32. The minimum atomic E-state index is -4.46. The number of amides is 1. The molecular formula is C29H27F3N4O3. The van der Waals surface area contributed by atoms with Crippen LogP contribution in [-0.2, 0) is 17.5 Å². The third-order valence-corrected chi connectivity index (χ3v) is 6.62. The number of aromatic nitrogens is 2. The molecule has 1 amide bonds. The quantitative estimate of drug-likeness (QED) is 0.313. The van der Waals surface area contributed by atoms with Crippen molar-refractivity contribution in [1.29, 1.82) is 0 Å². The van der Waals surface area contributed by atoms with Gasteiger partial charge in [-0.15, -0.1) is 0 Å². The number of piperazine rings is 1. The molecule has 10 heteroatoms. The van der Waals surface area contributed by atoms with Gasteiger partial charge in [-0.1, -0.05) is 47.6 Å². The van der Waals surface area contributed by atoms with Crippen molar-refractivity contribution in [3.05, 3.63) is 89.5 Å². The molecule has 7 nitrogen and oxygen atoms in total. The zero-order valence-electron chi connectivity index (χ0n) is 21.3. The smallest absolute Gasteiger partial charge is 0.416 e. The Balaban J connectivity index is 1.17. The summed E-state index contributed by atoms with van der Waals surface area (Å²) in [5.74, 6) is 1.00. The molecule has 0 unspecified atom stereocenters. The van der Waals surface area contributed by atoms with E-state index in [0.29, 0.717) is 36.8 Å². The molecule has 1 aliphatic heterocycles. The maximum absolute atomic E-state index is 13.1. The number of nitrogens with zero attached hydrogens (tertiary/aromatic N) is 4. The minimum Gasteiger partial charge on any atom is -0.484 e. The SMILES string of the molecule is Cc1ccccc1OCC(=O)N1CCN(Cc2cccc(-c3noc(-c4cccc(C(F)(F)F)c4)n3)c2)CC1. The number of benzene rings is 3. The van der Waals surface area contributed by atoms with Gasteiger partial charge in [0.2, 0.25) is 5.82 Å². The summed E-state index contributed by atoms with van der Waals surface area (Å²) in [6.45, 7) is 5.31. The summed E-state index contributed by atoms with van der Waals surface area (Å²) in [6, 6.07) is 20.1. The van der Waals surface area contributed by atoms with Crippen LogP contribution in [0.5, 0.6) is 5.75 Å². The first-order valence-corrected chi connectivity index (χ1v) is 12.6. The highest BCUT2D eigenvalue weighted by molar-refractivity contribution is 5.78. The molecule has 2 heterocycles. The summed E-state index contributed by atoms with van der Waals surface area (Å²) in [5, 5.41) is 3.98. The van der Waals surface area contributed by atoms with E-state index in [0.717, 1.165) is 36.3 Å². The van der Waals surface area contributed by atoms with Gasteiger partial charge in [0.05, 0.1) is 5.56 Å². The van der Waals surface area contributed by atoms with Gasteiger partial charge in [0.25, 0.3) is 11.8 Å². The molecule has 0 atom stereocenters. The Hall–Kier alpha value is -4.18. The number of alkyl halides is 3. The number of ether oxygens (including phenoxy) is 1. The molecule has 1 saturated heterocycles. The first-order chi connectivity index (χ1) is 18.8. The molecule has 0 spiro atoms. The number of carbonyl (C=O) groups is 1. The van der Waals surface area contributed by atoms with Gasteiger partial charge in [-0.3, -0.25) is 9.69 Å². The lowest BCUT2D eigenvalue weighted by molar-refractivity contribution is -0.137. The van der Waals surface area contributed by atoms with Gasteiger partial charge in [0, 0.05) is 43.9 Å². The van der Waals surface area contributed by atoms with Crippen LogP contribution in [0.3, 0.4) is 0 Å². The summed E-state index contributed by atoms with van der Waals surface area (Å²) >= 11 is 0. The van der Waals surface area contributed by atoms with Gasteiger partial charge in [-0.25, -0.2) is 0 Å². The van der Waals surface area contributed by atoms with Gasteiger partial charge >= 0.3 is 6.18 Å². The molecule has 1 aromatic heterocycles. The molecular weight excluding hydrogens is 509 g/mol. The zero-order chi connectivity index (χ0) is 27.4. The minimum absolute atomic E-state index is 0.0140. The maximum Gasteiger partial charge on any atom is 0.416 e. The van der Waals surface area contributed by atoms with E-state index in [1.54, 1.807) is 0 Å². The topological polar surface area (TPSA) is 71.7 Å². The van der Waals surface area contributed by atoms with E-state index in [4.69, 9.17) is 9.26 Å². The van der Waals surface area contributed by atoms with Crippen LogP contribution in [-0.4, -0.2) is 58.6 Å². The van der Waals surface area contributed by atoms with E-state index in [1.807, 2.05) is 60.4 Å². The molecule has 3 aromatic carbocycles. The highest BCUT2D eigenvalue weighted by Gasteiger charge is 2.31. The van der Waals surface area contributed by atoms with E-state index in [9.17, 15) is 18.0 Å². The number of rotatable bonds is 7. The Labute approximate surface area is 223 Å². The predicted molar refractivity (Wildman–Crippen MR) is 139 cm³/mol. The summed E-state index contributed by atoms with van der Waals surface area (Å²) < 4.78 is 50.2. The number of carbonyl (C=O) groups excluding carboxylic acids is 1. The van der Waals surface area contributed by atoms with Crippen LogP contribution < -0.4 is 4.74 Å². The van der Waals surface area contributed by atoms with Crippen LogP contribution in [0, 0.1) is 6.92 Å². The lowest BCUT2D eigenvalue weighted by Crippen LogP contribution is -2.49. The largest absolute Gasteiger partial charge is 0.484 e. The lowest BCUT2D eigenvalue weighted by atomic mass is 10.1. The van der Waals surface area contributed by atoms with Crippen molar-refractivity contribution in [1.82, 2.24) is 19.9 Å². The summed E-state index contributed by atoms with van der Waals surface area (Å²) in [7, 11) is 0. The third kappa shape index (κ3) is 6.46. The molecule has 39 heavy (non-hydrogen) atoms. The van der Waals surface area contributed by atoms with Crippen molar-refractivity contribution in [2.45, 2.75) is 19.6 Å². The van der Waals surface area contributed by atoms with Crippen molar-refractivity contribution >= 4 is 5.91 Å². The molecule has 202 valence electrons. The number of halogens is 3. The number of aryl methyl sites for hydroxylation is 1. The highest BCUT2D eigenvalue weighted by atomic mass is 19.4. The fourth-order valence-electron chi connectivity index (χ4n) is 4.46. The molecule has 1 aliphatic rings. The molecule has 0 radical (unpaired) electrons. The Morgan fingerprint density at radius 2 is 1.69 bits per heavy atom. The Kier molecular flexibility index (Phi) is 7.65. The van der Waals surface area contributed by atoms with Crippen LogP contribution in [0.1, 0.15) is 16.7 Å².